The molecule has 1 aromatic carbocycles. The first-order valence-electron chi connectivity index (χ1n) is 7.17. The predicted octanol–water partition coefficient (Wildman–Crippen LogP) is 3.21. The monoisotopic (exact) mass is 327 g/mol. The number of nitrogens with one attached hydrogen (secondary N) is 1. The van der Waals surface area contributed by atoms with Crippen LogP contribution in [0.15, 0.2) is 42.9 Å². The van der Waals surface area contributed by atoms with Gasteiger partial charge in [-0.05, 0) is 25.1 Å². The zero-order valence-corrected chi connectivity index (χ0v) is 12.8. The van der Waals surface area contributed by atoms with E-state index in [1.165, 1.54) is 30.0 Å². The second-order valence-electron chi connectivity index (χ2n) is 5.37. The highest BCUT2D eigenvalue weighted by Crippen LogP contribution is 2.27. The van der Waals surface area contributed by atoms with Crippen molar-refractivity contribution in [3.63, 3.8) is 0 Å². The molecule has 6 nitrogen and oxygen atoms in total. The number of nitrogens with zero attached hydrogens (tertiary/aromatic N) is 2. The average Bonchev–Trinajstić information content (AvgIpc) is 2.85. The van der Waals surface area contributed by atoms with Crippen LogP contribution in [0, 0.1) is 5.82 Å². The van der Waals surface area contributed by atoms with Crippen LogP contribution < -0.4 is 5.32 Å². The summed E-state index contributed by atoms with van der Waals surface area (Å²) < 4.78 is 14.7. The van der Waals surface area contributed by atoms with E-state index < -0.39 is 11.8 Å². The molecule has 0 unspecified atom stereocenters. The lowest BCUT2D eigenvalue weighted by molar-refractivity contribution is -0.137. The third-order valence-electron chi connectivity index (χ3n) is 3.56. The molecular formula is C17H14FN3O3. The number of Topliss-reactive ketones (excluding diaryl/α,β-unsaturated/α-hetero) is 1. The molecule has 3 rings (SSSR count). The van der Waals surface area contributed by atoms with Crippen molar-refractivity contribution in [2.75, 3.05) is 5.32 Å². The third kappa shape index (κ3) is 3.10. The molecule has 122 valence electrons. The molecule has 0 fully saturated rings. The third-order valence-corrected chi connectivity index (χ3v) is 3.56. The maximum absolute atomic E-state index is 13.2. The number of carboxylic acids is 1. The Labute approximate surface area is 136 Å². The van der Waals surface area contributed by atoms with E-state index in [2.05, 4.69) is 10.3 Å². The van der Waals surface area contributed by atoms with Crippen molar-refractivity contribution in [3.05, 3.63) is 54.2 Å². The van der Waals surface area contributed by atoms with Crippen molar-refractivity contribution >= 4 is 34.0 Å². The zero-order valence-electron chi connectivity index (χ0n) is 12.8. The fraction of sp³-hybridized carbons (Fsp3) is 0.118. The molecular weight excluding hydrogens is 313 g/mol. The van der Waals surface area contributed by atoms with Gasteiger partial charge >= 0.3 is 5.97 Å². The van der Waals surface area contributed by atoms with Gasteiger partial charge < -0.3 is 15.0 Å². The second kappa shape index (κ2) is 6.11. The molecule has 0 atom stereocenters. The molecule has 0 saturated heterocycles. The fourth-order valence-corrected chi connectivity index (χ4v) is 2.58. The zero-order chi connectivity index (χ0) is 17.3. The number of hydrogen-bond acceptors (Lipinski definition) is 4. The van der Waals surface area contributed by atoms with E-state index in [4.69, 9.17) is 5.11 Å². The minimum Gasteiger partial charge on any atom is -0.480 e. The number of carbonyl (C=O) groups is 2. The Kier molecular flexibility index (Phi) is 3.99. The van der Waals surface area contributed by atoms with Gasteiger partial charge in [0, 0.05) is 34.4 Å². The number of carbonyl (C=O) groups excluding carboxylic acids is 1. The molecule has 2 aromatic heterocycles. The van der Waals surface area contributed by atoms with Crippen molar-refractivity contribution < 1.29 is 19.1 Å². The summed E-state index contributed by atoms with van der Waals surface area (Å²) in [6.07, 6.45) is 4.12. The van der Waals surface area contributed by atoms with Crippen LogP contribution in [-0.2, 0) is 11.3 Å². The number of ketones is 1. The van der Waals surface area contributed by atoms with E-state index >= 15 is 0 Å². The molecule has 0 aliphatic heterocycles. The SMILES string of the molecule is CC(=O)c1cn(CC(=O)O)c2ccc(Nc3cncc(F)c3)cc12. The number of halogens is 1. The van der Waals surface area contributed by atoms with Gasteiger partial charge in [-0.1, -0.05) is 0 Å². The number of benzene rings is 1. The van der Waals surface area contributed by atoms with Crippen LogP contribution in [0.2, 0.25) is 0 Å². The molecule has 3 aromatic rings. The lowest BCUT2D eigenvalue weighted by Crippen LogP contribution is -2.07. The Morgan fingerprint density at radius 3 is 2.71 bits per heavy atom. The highest BCUT2D eigenvalue weighted by molar-refractivity contribution is 6.08. The average molecular weight is 327 g/mol. The van der Waals surface area contributed by atoms with Crippen molar-refractivity contribution in [3.8, 4) is 0 Å². The molecule has 0 aliphatic rings. The summed E-state index contributed by atoms with van der Waals surface area (Å²) in [4.78, 5) is 26.6. The molecule has 0 amide bonds. The molecule has 7 heteroatoms. The summed E-state index contributed by atoms with van der Waals surface area (Å²) in [5.41, 5.74) is 2.20. The molecule has 0 saturated carbocycles. The first-order valence-corrected chi connectivity index (χ1v) is 7.17. The maximum atomic E-state index is 13.2. The van der Waals surface area contributed by atoms with E-state index in [0.29, 0.717) is 27.8 Å². The Hall–Kier alpha value is -3.22. The van der Waals surface area contributed by atoms with Crippen molar-refractivity contribution in [1.82, 2.24) is 9.55 Å². The van der Waals surface area contributed by atoms with Gasteiger partial charge in [0.1, 0.15) is 12.4 Å². The minimum absolute atomic E-state index is 0.159. The van der Waals surface area contributed by atoms with Crippen molar-refractivity contribution in [2.45, 2.75) is 13.5 Å². The fourth-order valence-electron chi connectivity index (χ4n) is 2.58. The molecule has 0 spiro atoms. The van der Waals surface area contributed by atoms with Gasteiger partial charge in [-0.15, -0.1) is 0 Å². The van der Waals surface area contributed by atoms with E-state index in [9.17, 15) is 14.0 Å². The molecule has 2 N–H and O–H groups in total. The maximum Gasteiger partial charge on any atom is 0.323 e. The summed E-state index contributed by atoms with van der Waals surface area (Å²) in [6.45, 7) is 1.20. The summed E-state index contributed by atoms with van der Waals surface area (Å²) >= 11 is 0. The van der Waals surface area contributed by atoms with Gasteiger partial charge in [-0.25, -0.2) is 4.39 Å². The minimum atomic E-state index is -0.991. The van der Waals surface area contributed by atoms with Gasteiger partial charge in [-0.2, -0.15) is 0 Å². The number of aromatic nitrogens is 2. The quantitative estimate of drug-likeness (QED) is 0.703. The first kappa shape index (κ1) is 15.7. The van der Waals surface area contributed by atoms with Crippen LogP contribution >= 0.6 is 0 Å². The van der Waals surface area contributed by atoms with Crippen LogP contribution in [-0.4, -0.2) is 26.4 Å². The van der Waals surface area contributed by atoms with Gasteiger partial charge in [0.15, 0.2) is 5.78 Å². The van der Waals surface area contributed by atoms with E-state index in [-0.39, 0.29) is 12.3 Å². The normalized spacial score (nSPS) is 10.8. The number of aliphatic carboxylic acids is 1. The summed E-state index contributed by atoms with van der Waals surface area (Å²) in [7, 11) is 0. The van der Waals surface area contributed by atoms with E-state index in [1.54, 1.807) is 18.2 Å². The van der Waals surface area contributed by atoms with Crippen LogP contribution in [0.5, 0.6) is 0 Å². The topological polar surface area (TPSA) is 84.2 Å². The Morgan fingerprint density at radius 2 is 2.04 bits per heavy atom. The molecule has 24 heavy (non-hydrogen) atoms. The Balaban J connectivity index is 2.04. The Bertz CT molecular complexity index is 949. The predicted molar refractivity (Wildman–Crippen MR) is 87.1 cm³/mol. The van der Waals surface area contributed by atoms with Gasteiger partial charge in [-0.3, -0.25) is 14.6 Å². The van der Waals surface area contributed by atoms with Crippen LogP contribution in [0.3, 0.4) is 0 Å². The number of carboxylic acid groups (broad SMARTS) is 1. The van der Waals surface area contributed by atoms with Gasteiger partial charge in [0.25, 0.3) is 0 Å². The van der Waals surface area contributed by atoms with Crippen molar-refractivity contribution in [2.24, 2.45) is 0 Å². The first-order chi connectivity index (χ1) is 11.4. The van der Waals surface area contributed by atoms with Crippen LogP contribution in [0.4, 0.5) is 15.8 Å². The highest BCUT2D eigenvalue weighted by atomic mass is 19.1. The van der Waals surface area contributed by atoms with Crippen LogP contribution in [0.25, 0.3) is 10.9 Å². The van der Waals surface area contributed by atoms with E-state index in [0.717, 1.165) is 6.20 Å². The number of fused-ring (bicyclic) bond motifs is 1. The number of hydrogen-bond donors (Lipinski definition) is 2. The molecule has 2 heterocycles. The lowest BCUT2D eigenvalue weighted by Gasteiger charge is -2.07. The number of anilines is 2. The van der Waals surface area contributed by atoms with Crippen LogP contribution in [0.1, 0.15) is 17.3 Å². The molecule has 0 bridgehead atoms. The Morgan fingerprint density at radius 1 is 1.25 bits per heavy atom. The summed E-state index contributed by atoms with van der Waals surface area (Å²) in [5, 5.41) is 12.6. The summed E-state index contributed by atoms with van der Waals surface area (Å²) in [5.74, 6) is -1.61. The second-order valence-corrected chi connectivity index (χ2v) is 5.37. The number of pyridine rings is 1. The van der Waals surface area contributed by atoms with E-state index in [1.807, 2.05) is 0 Å². The number of rotatable bonds is 5. The van der Waals surface area contributed by atoms with Crippen molar-refractivity contribution in [1.29, 1.82) is 0 Å². The summed E-state index contributed by atoms with van der Waals surface area (Å²) in [6, 6.07) is 6.49. The molecule has 0 aliphatic carbocycles. The molecule has 0 radical (unpaired) electrons. The largest absolute Gasteiger partial charge is 0.480 e. The van der Waals surface area contributed by atoms with Gasteiger partial charge in [0.2, 0.25) is 0 Å². The highest BCUT2D eigenvalue weighted by Gasteiger charge is 2.14. The van der Waals surface area contributed by atoms with Gasteiger partial charge in [0.05, 0.1) is 18.1 Å². The standard InChI is InChI=1S/C17H14FN3O3/c1-10(22)15-8-21(9-17(23)24)16-3-2-12(5-14(15)16)20-13-4-11(18)6-19-7-13/h2-8,20H,9H2,1H3,(H,23,24). The lowest BCUT2D eigenvalue weighted by atomic mass is 10.1. The smallest absolute Gasteiger partial charge is 0.323 e.